The predicted molar refractivity (Wildman–Crippen MR) is 183 cm³/mol. The van der Waals surface area contributed by atoms with Crippen LogP contribution in [0.1, 0.15) is 98.4 Å². The van der Waals surface area contributed by atoms with Crippen molar-refractivity contribution in [2.24, 2.45) is 16.7 Å². The number of benzene rings is 1. The molecule has 0 amide bonds. The second-order valence-electron chi connectivity index (χ2n) is 16.0. The summed E-state index contributed by atoms with van der Waals surface area (Å²) in [5.41, 5.74) is -8.82. The van der Waals surface area contributed by atoms with Crippen LogP contribution in [-0.4, -0.2) is 94.7 Å². The Kier molecular flexibility index (Phi) is 10.5. The maximum atomic E-state index is 15.5. The highest BCUT2D eigenvalue weighted by Gasteiger charge is 2.79. The first-order valence-corrected chi connectivity index (χ1v) is 17.8. The number of rotatable bonds is 9. The summed E-state index contributed by atoms with van der Waals surface area (Å²) < 4.78 is 50.4. The zero-order valence-corrected chi connectivity index (χ0v) is 31.6. The van der Waals surface area contributed by atoms with Gasteiger partial charge in [-0.3, -0.25) is 24.0 Å². The number of esters is 5. The van der Waals surface area contributed by atoms with Gasteiger partial charge in [-0.1, -0.05) is 32.0 Å². The fourth-order valence-electron chi connectivity index (χ4n) is 8.98. The second kappa shape index (κ2) is 13.9. The highest BCUT2D eigenvalue weighted by Crippen LogP contribution is 2.65. The van der Waals surface area contributed by atoms with Crippen molar-refractivity contribution in [1.82, 2.24) is 0 Å². The molecule has 1 heterocycles. The molecule has 5 rings (SSSR count). The molecule has 0 spiro atoms. The lowest BCUT2D eigenvalue weighted by Crippen LogP contribution is -2.82. The van der Waals surface area contributed by atoms with E-state index in [1.54, 1.807) is 39.0 Å². The van der Waals surface area contributed by atoms with Crippen molar-refractivity contribution in [3.8, 4) is 0 Å². The van der Waals surface area contributed by atoms with E-state index in [0.717, 1.165) is 20.8 Å². The first kappa shape index (κ1) is 40.0. The zero-order chi connectivity index (χ0) is 39.5. The van der Waals surface area contributed by atoms with Crippen LogP contribution < -0.4 is 0 Å². The van der Waals surface area contributed by atoms with Gasteiger partial charge in [0.1, 0.15) is 35.7 Å². The largest absolute Gasteiger partial charge is 0.461 e. The SMILES string of the molecule is CC(=O)O[C@H]1C(=O)[C@]2(C)[C@@H](OC(C)=O)C[C@H]3OC[C@@]3(OC(C)=O)[C@H]2[C@H](OC(=O)c2ccccc2)[C@]2(O)C[C@H](OC(=O)CCC(C)(C)F)C(C)=C1C2(C)C. The molecular weight excluding hydrogens is 695 g/mol. The van der Waals surface area contributed by atoms with Crippen molar-refractivity contribution in [2.75, 3.05) is 6.61 Å². The van der Waals surface area contributed by atoms with E-state index >= 15 is 4.79 Å². The second-order valence-corrected chi connectivity index (χ2v) is 16.0. The first-order chi connectivity index (χ1) is 24.5. The summed E-state index contributed by atoms with van der Waals surface area (Å²) in [5, 5.41) is 13.5. The van der Waals surface area contributed by atoms with Crippen LogP contribution in [0.5, 0.6) is 0 Å². The van der Waals surface area contributed by atoms with Crippen molar-refractivity contribution >= 4 is 35.6 Å². The van der Waals surface area contributed by atoms with E-state index in [1.807, 2.05) is 0 Å². The monoisotopic (exact) mass is 744 g/mol. The number of Topliss-reactive ketones (excluding diaryl/α,β-unsaturated/α-hetero) is 1. The Morgan fingerprint density at radius 3 is 2.09 bits per heavy atom. The summed E-state index contributed by atoms with van der Waals surface area (Å²) >= 11 is 0. The number of carbonyl (C=O) groups excluding carboxylic acids is 6. The lowest BCUT2D eigenvalue weighted by Gasteiger charge is -2.67. The van der Waals surface area contributed by atoms with Gasteiger partial charge in [-0.25, -0.2) is 9.18 Å². The molecule has 53 heavy (non-hydrogen) atoms. The minimum absolute atomic E-state index is 0.0746. The first-order valence-electron chi connectivity index (χ1n) is 17.8. The molecule has 0 aromatic heterocycles. The van der Waals surface area contributed by atoms with E-state index in [0.29, 0.717) is 0 Å². The molecule has 13 nitrogen and oxygen atoms in total. The highest BCUT2D eigenvalue weighted by molar-refractivity contribution is 5.96. The Hall–Kier alpha value is -4.17. The van der Waals surface area contributed by atoms with Crippen molar-refractivity contribution in [3.05, 3.63) is 47.0 Å². The molecule has 1 aliphatic heterocycles. The van der Waals surface area contributed by atoms with Gasteiger partial charge < -0.3 is 33.5 Å². The summed E-state index contributed by atoms with van der Waals surface area (Å²) in [7, 11) is 0. The molecule has 1 N–H and O–H groups in total. The molecule has 1 aromatic carbocycles. The van der Waals surface area contributed by atoms with Gasteiger partial charge in [-0.2, -0.15) is 0 Å². The number of hydrogen-bond acceptors (Lipinski definition) is 13. The quantitative estimate of drug-likeness (QED) is 0.215. The number of hydrogen-bond donors (Lipinski definition) is 1. The number of halogens is 1. The molecule has 3 aliphatic carbocycles. The average molecular weight is 745 g/mol. The van der Waals surface area contributed by atoms with Gasteiger partial charge in [0.25, 0.3) is 0 Å². The van der Waals surface area contributed by atoms with E-state index < -0.39 is 106 Å². The molecular formula is C39H49FO13. The standard InChI is InChI=1S/C39H49FO13/c1-20-25(51-28(44)15-16-35(5,6)40)18-39(47)33(52-34(46)24-13-11-10-12-14-24)31-37(9,32(45)30(50-22(3)42)29(20)36(39,7)8)26(49-21(2)41)17-27-38(31,19-48-27)53-23(4)43/h10-14,25-27,30-31,33,47H,15-19H2,1-9H3/t25-,26-,27+,30+,31-,33-,37+,38-,39+/m0/s1. The summed E-state index contributed by atoms with van der Waals surface area (Å²) in [6, 6.07) is 7.90. The van der Waals surface area contributed by atoms with Crippen LogP contribution in [-0.2, 0) is 52.4 Å². The minimum atomic E-state index is -2.28. The van der Waals surface area contributed by atoms with Crippen molar-refractivity contribution in [1.29, 1.82) is 0 Å². The molecule has 14 heteroatoms. The lowest BCUT2D eigenvalue weighted by atomic mass is 9.44. The van der Waals surface area contributed by atoms with E-state index in [-0.39, 0.29) is 42.6 Å². The Bertz CT molecular complexity index is 1710. The Labute approximate surface area is 307 Å². The molecule has 0 radical (unpaired) electrons. The molecule has 0 unspecified atom stereocenters. The predicted octanol–water partition coefficient (Wildman–Crippen LogP) is 4.30. The van der Waals surface area contributed by atoms with Gasteiger partial charge in [0.2, 0.25) is 0 Å². The third-order valence-electron chi connectivity index (χ3n) is 11.7. The zero-order valence-electron chi connectivity index (χ0n) is 31.6. The summed E-state index contributed by atoms with van der Waals surface area (Å²) in [6.45, 7) is 12.0. The Morgan fingerprint density at radius 1 is 0.943 bits per heavy atom. The topological polar surface area (TPSA) is 178 Å². The van der Waals surface area contributed by atoms with Crippen molar-refractivity contribution < 1.29 is 66.7 Å². The fraction of sp³-hybridized carbons (Fsp3) is 0.641. The number of ketones is 1. The van der Waals surface area contributed by atoms with Gasteiger partial charge in [0.05, 0.1) is 23.5 Å². The van der Waals surface area contributed by atoms with Crippen LogP contribution in [0, 0.1) is 16.7 Å². The Balaban J connectivity index is 1.84. The molecule has 1 saturated heterocycles. The molecule has 9 atom stereocenters. The maximum Gasteiger partial charge on any atom is 0.338 e. The smallest absolute Gasteiger partial charge is 0.338 e. The highest BCUT2D eigenvalue weighted by atomic mass is 19.1. The molecule has 2 bridgehead atoms. The van der Waals surface area contributed by atoms with Crippen molar-refractivity contribution in [3.63, 3.8) is 0 Å². The van der Waals surface area contributed by atoms with Crippen LogP contribution in [0.4, 0.5) is 4.39 Å². The fourth-order valence-corrected chi connectivity index (χ4v) is 8.98. The molecule has 3 fully saturated rings. The van der Waals surface area contributed by atoms with E-state index in [9.17, 15) is 33.5 Å². The number of fused-ring (bicyclic) bond motifs is 5. The minimum Gasteiger partial charge on any atom is -0.461 e. The van der Waals surface area contributed by atoms with Gasteiger partial charge >= 0.3 is 29.8 Å². The maximum absolute atomic E-state index is 15.5. The number of aliphatic hydroxyl groups is 1. The third-order valence-corrected chi connectivity index (χ3v) is 11.7. The number of carbonyl (C=O) groups is 6. The molecule has 2 saturated carbocycles. The normalized spacial score (nSPS) is 34.5. The van der Waals surface area contributed by atoms with Crippen LogP contribution >= 0.6 is 0 Å². The molecule has 290 valence electrons. The number of alkyl halides is 1. The van der Waals surface area contributed by atoms with Gasteiger partial charge in [-0.15, -0.1) is 0 Å². The van der Waals surface area contributed by atoms with E-state index in [2.05, 4.69) is 0 Å². The summed E-state index contributed by atoms with van der Waals surface area (Å²) in [5.74, 6) is -6.38. The molecule has 4 aliphatic rings. The van der Waals surface area contributed by atoms with Crippen LogP contribution in [0.2, 0.25) is 0 Å². The van der Waals surface area contributed by atoms with Gasteiger partial charge in [0, 0.05) is 45.4 Å². The van der Waals surface area contributed by atoms with Crippen LogP contribution in [0.3, 0.4) is 0 Å². The summed E-state index contributed by atoms with van der Waals surface area (Å²) in [6.07, 6.45) is -8.12. The lowest BCUT2D eigenvalue weighted by molar-refractivity contribution is -0.346. The van der Waals surface area contributed by atoms with Gasteiger partial charge in [-0.05, 0) is 57.4 Å². The third kappa shape index (κ3) is 6.88. The van der Waals surface area contributed by atoms with Crippen LogP contribution in [0.25, 0.3) is 0 Å². The van der Waals surface area contributed by atoms with E-state index in [1.165, 1.54) is 32.9 Å². The number of ether oxygens (including phenoxy) is 6. The van der Waals surface area contributed by atoms with E-state index in [4.69, 9.17) is 28.4 Å². The molecule has 1 aromatic rings. The van der Waals surface area contributed by atoms with Gasteiger partial charge in [0.15, 0.2) is 17.5 Å². The van der Waals surface area contributed by atoms with Crippen LogP contribution in [0.15, 0.2) is 41.5 Å². The summed E-state index contributed by atoms with van der Waals surface area (Å²) in [4.78, 5) is 81.4. The average Bonchev–Trinajstić information content (AvgIpc) is 3.04. The van der Waals surface area contributed by atoms with Crippen molar-refractivity contribution in [2.45, 2.75) is 135 Å². The Morgan fingerprint density at radius 2 is 1.57 bits per heavy atom.